The van der Waals surface area contributed by atoms with Gasteiger partial charge in [-0.05, 0) is 37.5 Å². The van der Waals surface area contributed by atoms with Gasteiger partial charge in [0.1, 0.15) is 4.99 Å². The molecule has 0 spiro atoms. The molecular formula is C14H22N4S2. The Bertz CT molecular complexity index is 512. The largest absolute Gasteiger partial charge is 0.389 e. The number of rotatable bonds is 7. The van der Waals surface area contributed by atoms with Crippen LogP contribution in [-0.4, -0.2) is 32.7 Å². The maximum atomic E-state index is 5.92. The summed E-state index contributed by atoms with van der Waals surface area (Å²) in [6, 6.07) is 0. The summed E-state index contributed by atoms with van der Waals surface area (Å²) in [5.41, 5.74) is 8.92. The zero-order valence-electron chi connectivity index (χ0n) is 12.3. The molecule has 1 aliphatic carbocycles. The van der Waals surface area contributed by atoms with Crippen molar-refractivity contribution in [1.82, 2.24) is 10.2 Å². The third kappa shape index (κ3) is 3.06. The van der Waals surface area contributed by atoms with Crippen LogP contribution in [0.4, 0.5) is 5.82 Å². The van der Waals surface area contributed by atoms with Crippen LogP contribution in [0.1, 0.15) is 43.5 Å². The normalized spacial score (nSPS) is 15.9. The monoisotopic (exact) mass is 310 g/mol. The van der Waals surface area contributed by atoms with E-state index in [9.17, 15) is 0 Å². The summed E-state index contributed by atoms with van der Waals surface area (Å²) in [5.74, 6) is 0.742. The SMILES string of the molecule is CCc1nnc(NCC2(SC)CC2)c(C(N)=S)c1CC. The molecule has 0 aliphatic heterocycles. The van der Waals surface area contributed by atoms with Gasteiger partial charge in [0.2, 0.25) is 0 Å². The van der Waals surface area contributed by atoms with Gasteiger partial charge in [0, 0.05) is 11.3 Å². The maximum Gasteiger partial charge on any atom is 0.159 e. The topological polar surface area (TPSA) is 63.8 Å². The van der Waals surface area contributed by atoms with Crippen LogP contribution in [-0.2, 0) is 12.8 Å². The molecule has 2 rings (SSSR count). The van der Waals surface area contributed by atoms with Crippen LogP contribution >= 0.6 is 24.0 Å². The van der Waals surface area contributed by atoms with Crippen molar-refractivity contribution >= 4 is 34.8 Å². The number of thiocarbonyl (C=S) groups is 1. The molecule has 0 atom stereocenters. The molecule has 6 heteroatoms. The van der Waals surface area contributed by atoms with Gasteiger partial charge >= 0.3 is 0 Å². The molecule has 1 saturated carbocycles. The number of hydrogen-bond acceptors (Lipinski definition) is 5. The average Bonchev–Trinajstić information content (AvgIpc) is 3.24. The molecular weight excluding hydrogens is 288 g/mol. The standard InChI is InChI=1S/C14H22N4S2/c1-4-9-10(5-2)17-18-13(11(9)12(15)19)16-8-14(20-3)6-7-14/h4-8H2,1-3H3,(H2,15,19)(H,16,18). The van der Waals surface area contributed by atoms with Crippen LogP contribution in [0.2, 0.25) is 0 Å². The fourth-order valence-electron chi connectivity index (χ4n) is 2.40. The highest BCUT2D eigenvalue weighted by molar-refractivity contribution is 8.00. The van der Waals surface area contributed by atoms with E-state index < -0.39 is 0 Å². The first-order chi connectivity index (χ1) is 9.56. The second kappa shape index (κ2) is 6.26. The van der Waals surface area contributed by atoms with Crippen LogP contribution in [0.3, 0.4) is 0 Å². The average molecular weight is 310 g/mol. The lowest BCUT2D eigenvalue weighted by Gasteiger charge is -2.18. The Kier molecular flexibility index (Phi) is 4.86. The van der Waals surface area contributed by atoms with Gasteiger partial charge in [-0.15, -0.1) is 5.10 Å². The second-order valence-corrected chi connectivity index (χ2v) is 6.88. The van der Waals surface area contributed by atoms with E-state index in [-0.39, 0.29) is 0 Å². The van der Waals surface area contributed by atoms with Gasteiger partial charge in [-0.25, -0.2) is 0 Å². The predicted octanol–water partition coefficient (Wildman–Crippen LogP) is 2.54. The summed E-state index contributed by atoms with van der Waals surface area (Å²) in [5, 5.41) is 12.0. The second-order valence-electron chi connectivity index (χ2n) is 5.16. The van der Waals surface area contributed by atoms with Gasteiger partial charge in [0.05, 0.1) is 11.3 Å². The van der Waals surface area contributed by atoms with Gasteiger partial charge in [-0.2, -0.15) is 16.9 Å². The van der Waals surface area contributed by atoms with Gasteiger partial charge in [-0.1, -0.05) is 26.1 Å². The lowest BCUT2D eigenvalue weighted by Crippen LogP contribution is -2.24. The zero-order chi connectivity index (χ0) is 14.8. The Hall–Kier alpha value is -0.880. The molecule has 3 N–H and O–H groups in total. The summed E-state index contributed by atoms with van der Waals surface area (Å²) in [6.07, 6.45) is 6.39. The number of nitrogens with zero attached hydrogens (tertiary/aromatic N) is 2. The van der Waals surface area contributed by atoms with Crippen LogP contribution in [0, 0.1) is 0 Å². The molecule has 0 unspecified atom stereocenters. The van der Waals surface area contributed by atoms with E-state index in [4.69, 9.17) is 18.0 Å². The fourth-order valence-corrected chi connectivity index (χ4v) is 3.35. The van der Waals surface area contributed by atoms with Crippen molar-refractivity contribution in [2.75, 3.05) is 18.1 Å². The number of aromatic nitrogens is 2. The summed E-state index contributed by atoms with van der Waals surface area (Å²) in [6.45, 7) is 5.08. The predicted molar refractivity (Wildman–Crippen MR) is 90.6 cm³/mol. The van der Waals surface area contributed by atoms with Crippen LogP contribution in [0.5, 0.6) is 0 Å². The maximum absolute atomic E-state index is 5.92. The third-order valence-corrected chi connectivity index (χ3v) is 5.53. The Balaban J connectivity index is 2.30. The molecule has 1 aliphatic rings. The molecule has 1 aromatic rings. The molecule has 4 nitrogen and oxygen atoms in total. The first-order valence-corrected chi connectivity index (χ1v) is 8.67. The van der Waals surface area contributed by atoms with Crippen LogP contribution in [0.15, 0.2) is 0 Å². The molecule has 1 fully saturated rings. The molecule has 0 saturated heterocycles. The lowest BCUT2D eigenvalue weighted by molar-refractivity contribution is 0.860. The summed E-state index contributed by atoms with van der Waals surface area (Å²) in [7, 11) is 0. The van der Waals surface area contributed by atoms with Crippen molar-refractivity contribution in [1.29, 1.82) is 0 Å². The van der Waals surface area contributed by atoms with Crippen molar-refractivity contribution in [3.63, 3.8) is 0 Å². The van der Waals surface area contributed by atoms with E-state index in [0.29, 0.717) is 9.74 Å². The highest BCUT2D eigenvalue weighted by Crippen LogP contribution is 2.47. The van der Waals surface area contributed by atoms with Crippen LogP contribution < -0.4 is 11.1 Å². The minimum absolute atomic E-state index is 0.366. The first kappa shape index (κ1) is 15.5. The van der Waals surface area contributed by atoms with E-state index in [0.717, 1.165) is 42.0 Å². The molecule has 1 aromatic heterocycles. The zero-order valence-corrected chi connectivity index (χ0v) is 14.0. The molecule has 20 heavy (non-hydrogen) atoms. The van der Waals surface area contributed by atoms with Crippen molar-refractivity contribution in [2.24, 2.45) is 5.73 Å². The Morgan fingerprint density at radius 1 is 1.35 bits per heavy atom. The molecule has 1 heterocycles. The number of nitrogens with two attached hydrogens (primary N) is 1. The highest BCUT2D eigenvalue weighted by atomic mass is 32.2. The number of hydrogen-bond donors (Lipinski definition) is 2. The molecule has 0 aromatic carbocycles. The lowest BCUT2D eigenvalue weighted by atomic mass is 10.0. The van der Waals surface area contributed by atoms with Crippen LogP contribution in [0.25, 0.3) is 0 Å². The third-order valence-electron chi connectivity index (χ3n) is 3.91. The summed E-state index contributed by atoms with van der Waals surface area (Å²) < 4.78 is 0.366. The molecule has 110 valence electrons. The fraction of sp³-hybridized carbons (Fsp3) is 0.643. The van der Waals surface area contributed by atoms with E-state index in [1.165, 1.54) is 12.8 Å². The van der Waals surface area contributed by atoms with E-state index in [1.54, 1.807) is 0 Å². The van der Waals surface area contributed by atoms with Gasteiger partial charge in [-0.3, -0.25) is 0 Å². The van der Waals surface area contributed by atoms with Gasteiger partial charge in [0.15, 0.2) is 5.82 Å². The molecule has 0 radical (unpaired) electrons. The molecule has 0 bridgehead atoms. The number of anilines is 1. The smallest absolute Gasteiger partial charge is 0.159 e. The number of nitrogens with one attached hydrogen (secondary N) is 1. The van der Waals surface area contributed by atoms with Crippen molar-refractivity contribution < 1.29 is 0 Å². The van der Waals surface area contributed by atoms with Gasteiger partial charge in [0.25, 0.3) is 0 Å². The van der Waals surface area contributed by atoms with E-state index in [1.807, 2.05) is 11.8 Å². The molecule has 0 amide bonds. The summed E-state index contributed by atoms with van der Waals surface area (Å²) >= 11 is 7.14. The Labute approximate surface area is 130 Å². The van der Waals surface area contributed by atoms with E-state index in [2.05, 4.69) is 35.6 Å². The van der Waals surface area contributed by atoms with Gasteiger partial charge < -0.3 is 11.1 Å². The number of thioether (sulfide) groups is 1. The minimum atomic E-state index is 0.366. The Morgan fingerprint density at radius 3 is 2.50 bits per heavy atom. The van der Waals surface area contributed by atoms with Crippen molar-refractivity contribution in [3.05, 3.63) is 16.8 Å². The first-order valence-electron chi connectivity index (χ1n) is 7.04. The quantitative estimate of drug-likeness (QED) is 0.755. The Morgan fingerprint density at radius 2 is 2.05 bits per heavy atom. The van der Waals surface area contributed by atoms with E-state index >= 15 is 0 Å². The van der Waals surface area contributed by atoms with Crippen molar-refractivity contribution in [2.45, 2.75) is 44.3 Å². The summed E-state index contributed by atoms with van der Waals surface area (Å²) in [4.78, 5) is 0.406. The van der Waals surface area contributed by atoms with Crippen molar-refractivity contribution in [3.8, 4) is 0 Å². The highest BCUT2D eigenvalue weighted by Gasteiger charge is 2.41. The number of aryl methyl sites for hydroxylation is 1. The minimum Gasteiger partial charge on any atom is -0.389 e.